The minimum atomic E-state index is -0.117. The molecule has 0 aromatic heterocycles. The van der Waals surface area contributed by atoms with E-state index >= 15 is 0 Å². The molecule has 0 bridgehead atoms. The van der Waals surface area contributed by atoms with Crippen molar-refractivity contribution in [2.75, 3.05) is 13.1 Å². The number of hydrogen-bond acceptors (Lipinski definition) is 2. The molecule has 1 aromatic rings. The fraction of sp³-hybridized carbons (Fsp3) is 0.556. The van der Waals surface area contributed by atoms with Crippen LogP contribution in [0.1, 0.15) is 37.7 Å². The molecule has 0 amide bonds. The van der Waals surface area contributed by atoms with Gasteiger partial charge in [0, 0.05) is 6.10 Å². The number of hydrogen-bond donors (Lipinski definition) is 2. The summed E-state index contributed by atoms with van der Waals surface area (Å²) in [5.41, 5.74) is 1.71. The molecule has 5 heteroatoms. The van der Waals surface area contributed by atoms with Crippen LogP contribution in [0.2, 0.25) is 0 Å². The maximum Gasteiger partial charge on any atom is 2.00 e. The Morgan fingerprint density at radius 3 is 2.70 bits per heavy atom. The Kier molecular flexibility index (Phi) is 7.37. The predicted octanol–water partition coefficient (Wildman–Crippen LogP) is 4.11. The molecule has 4 nitrogen and oxygen atoms in total. The number of phenols is 1. The van der Waals surface area contributed by atoms with Crippen LogP contribution in [0.5, 0.6) is 5.75 Å². The maximum absolute atomic E-state index is 9.61. The number of para-hydroxylation sites is 1. The average molecular weight is 501 g/mol. The largest absolute Gasteiger partial charge is 2.00 e. The summed E-state index contributed by atoms with van der Waals surface area (Å²) < 4.78 is 0. The standard InChI is InChI=1S/C9H16NO.C9H8NO.Hg/c2*11-8-5-1-3-7-4-2-6-10-9(7)8;/h7-9,11H,1-6H2;1-5,11H,6H2;/q2*-1;+2. The molecular formula is C18H24HgN2O2. The molecule has 2 fully saturated rings. The first-order chi connectivity index (χ1) is 10.8. The van der Waals surface area contributed by atoms with Gasteiger partial charge in [0.2, 0.25) is 0 Å². The second kappa shape index (κ2) is 9.04. The maximum atomic E-state index is 9.61. The van der Waals surface area contributed by atoms with Crippen LogP contribution >= 0.6 is 0 Å². The van der Waals surface area contributed by atoms with E-state index in [1.54, 1.807) is 6.07 Å². The van der Waals surface area contributed by atoms with Gasteiger partial charge < -0.3 is 20.8 Å². The molecule has 0 spiro atoms. The van der Waals surface area contributed by atoms with Crippen molar-refractivity contribution in [1.82, 2.24) is 0 Å². The summed E-state index contributed by atoms with van der Waals surface area (Å²) >= 11 is 0. The smallest absolute Gasteiger partial charge is 0.678 e. The van der Waals surface area contributed by atoms with Crippen molar-refractivity contribution in [3.63, 3.8) is 0 Å². The van der Waals surface area contributed by atoms with Crippen molar-refractivity contribution in [3.8, 4) is 5.75 Å². The molecule has 1 aromatic carbocycles. The van der Waals surface area contributed by atoms with E-state index in [2.05, 4.69) is 10.6 Å². The molecule has 0 radical (unpaired) electrons. The quantitative estimate of drug-likeness (QED) is 0.526. The van der Waals surface area contributed by atoms with Crippen LogP contribution in [0.25, 0.3) is 16.7 Å². The van der Waals surface area contributed by atoms with Crippen molar-refractivity contribution >= 4 is 11.8 Å². The SMILES string of the molecule is OC1CCCC2CCC[N-]C12.Oc1cccc2c1[N-]CC=C2.[Hg+2]. The molecule has 1 saturated heterocycles. The molecule has 23 heavy (non-hydrogen) atoms. The summed E-state index contributed by atoms with van der Waals surface area (Å²) in [5, 5.41) is 27.6. The second-order valence-corrected chi connectivity index (χ2v) is 6.26. The third-order valence-corrected chi connectivity index (χ3v) is 4.72. The molecule has 120 valence electrons. The van der Waals surface area contributed by atoms with Gasteiger partial charge in [0.1, 0.15) is 5.75 Å². The number of piperidine rings is 1. The molecule has 2 heterocycles. The summed E-state index contributed by atoms with van der Waals surface area (Å²) in [5.74, 6) is 0.986. The predicted molar refractivity (Wildman–Crippen MR) is 89.6 cm³/mol. The van der Waals surface area contributed by atoms with Crippen molar-refractivity contribution in [2.45, 2.75) is 44.2 Å². The number of aliphatic hydroxyl groups excluding tert-OH is 1. The van der Waals surface area contributed by atoms with E-state index in [0.29, 0.717) is 18.5 Å². The van der Waals surface area contributed by atoms with Gasteiger partial charge in [0.15, 0.2) is 0 Å². The van der Waals surface area contributed by atoms with Crippen molar-refractivity contribution in [1.29, 1.82) is 0 Å². The molecule has 2 aliphatic heterocycles. The minimum Gasteiger partial charge on any atom is -0.678 e. The Morgan fingerprint density at radius 2 is 1.91 bits per heavy atom. The van der Waals surface area contributed by atoms with Gasteiger partial charge >= 0.3 is 27.7 Å². The molecule has 1 aliphatic carbocycles. The summed E-state index contributed by atoms with van der Waals surface area (Å²) in [6.07, 6.45) is 9.85. The second-order valence-electron chi connectivity index (χ2n) is 6.26. The van der Waals surface area contributed by atoms with E-state index in [4.69, 9.17) is 0 Å². The summed E-state index contributed by atoms with van der Waals surface area (Å²) in [6.45, 7) is 1.66. The molecule has 3 aliphatic rings. The van der Waals surface area contributed by atoms with E-state index in [1.807, 2.05) is 24.3 Å². The molecular weight excluding hydrogens is 477 g/mol. The Hall–Kier alpha value is -0.585. The number of benzene rings is 1. The zero-order valence-electron chi connectivity index (χ0n) is 13.6. The first-order valence-electron chi connectivity index (χ1n) is 8.26. The van der Waals surface area contributed by atoms with Crippen molar-refractivity contribution < 1.29 is 37.9 Å². The van der Waals surface area contributed by atoms with E-state index in [-0.39, 0.29) is 39.5 Å². The molecule has 3 atom stereocenters. The number of nitrogens with zero attached hydrogens (tertiary/aromatic N) is 2. The number of aliphatic hydroxyl groups is 1. The monoisotopic (exact) mass is 502 g/mol. The van der Waals surface area contributed by atoms with Crippen LogP contribution in [0.4, 0.5) is 5.69 Å². The van der Waals surface area contributed by atoms with Crippen LogP contribution in [0.15, 0.2) is 24.3 Å². The van der Waals surface area contributed by atoms with Gasteiger partial charge in [-0.15, -0.1) is 25.2 Å². The number of aromatic hydroxyl groups is 1. The molecule has 1 saturated carbocycles. The summed E-state index contributed by atoms with van der Waals surface area (Å²) in [7, 11) is 0. The fourth-order valence-corrected chi connectivity index (χ4v) is 3.60. The van der Waals surface area contributed by atoms with Gasteiger partial charge in [-0.2, -0.15) is 0 Å². The van der Waals surface area contributed by atoms with Crippen LogP contribution < -0.4 is 0 Å². The van der Waals surface area contributed by atoms with Gasteiger partial charge in [0.05, 0.1) is 0 Å². The summed E-state index contributed by atoms with van der Waals surface area (Å²) in [4.78, 5) is 0. The van der Waals surface area contributed by atoms with E-state index in [0.717, 1.165) is 24.2 Å². The van der Waals surface area contributed by atoms with Crippen LogP contribution in [-0.4, -0.2) is 35.4 Å². The normalized spacial score (nSPS) is 28.1. The first kappa shape index (κ1) is 18.7. The van der Waals surface area contributed by atoms with Crippen molar-refractivity contribution in [2.24, 2.45) is 5.92 Å². The zero-order valence-corrected chi connectivity index (χ0v) is 19.1. The average Bonchev–Trinajstić information content (AvgIpc) is 2.57. The van der Waals surface area contributed by atoms with Gasteiger partial charge in [0.25, 0.3) is 0 Å². The van der Waals surface area contributed by atoms with Crippen LogP contribution in [0.3, 0.4) is 0 Å². The third kappa shape index (κ3) is 4.71. The van der Waals surface area contributed by atoms with Crippen LogP contribution in [-0.2, 0) is 27.7 Å². The fourth-order valence-electron chi connectivity index (χ4n) is 3.60. The Balaban J connectivity index is 0.000000160. The molecule has 3 unspecified atom stereocenters. The van der Waals surface area contributed by atoms with Gasteiger partial charge in [-0.05, 0) is 18.1 Å². The zero-order chi connectivity index (χ0) is 15.4. The van der Waals surface area contributed by atoms with E-state index in [1.165, 1.54) is 25.7 Å². The van der Waals surface area contributed by atoms with Crippen molar-refractivity contribution in [3.05, 3.63) is 40.5 Å². The van der Waals surface area contributed by atoms with E-state index < -0.39 is 0 Å². The Morgan fingerprint density at radius 1 is 1.09 bits per heavy atom. The first-order valence-corrected chi connectivity index (χ1v) is 8.26. The third-order valence-electron chi connectivity index (χ3n) is 4.72. The summed E-state index contributed by atoms with van der Waals surface area (Å²) in [6, 6.07) is 5.72. The van der Waals surface area contributed by atoms with Gasteiger partial charge in [-0.3, -0.25) is 0 Å². The molecule has 2 N–H and O–H groups in total. The Bertz CT molecular complexity index is 534. The molecule has 4 rings (SSSR count). The topological polar surface area (TPSA) is 68.7 Å². The minimum absolute atomic E-state index is 0. The van der Waals surface area contributed by atoms with Crippen LogP contribution in [0, 0.1) is 5.92 Å². The number of fused-ring (bicyclic) bond motifs is 2. The number of rotatable bonds is 0. The van der Waals surface area contributed by atoms with Gasteiger partial charge in [-0.1, -0.05) is 55.5 Å². The van der Waals surface area contributed by atoms with Gasteiger partial charge in [-0.25, -0.2) is 0 Å². The van der Waals surface area contributed by atoms with E-state index in [9.17, 15) is 10.2 Å². The Labute approximate surface area is 158 Å². The number of phenolic OH excluding ortho intramolecular Hbond substituents is 1.